The standard InChI is InChI=1S/C8H17NO/c1-2-3-4-7-5-8(10)6-9-7/h7-10H,2-6H2,1H3. The number of aliphatic hydroxyl groups is 1. The third-order valence-corrected chi connectivity index (χ3v) is 2.10. The molecule has 1 saturated heterocycles. The zero-order valence-corrected chi connectivity index (χ0v) is 6.64. The molecular formula is C8H17NO. The molecule has 0 spiro atoms. The molecule has 2 unspecified atom stereocenters. The van der Waals surface area contributed by atoms with Crippen molar-refractivity contribution in [2.45, 2.75) is 44.8 Å². The van der Waals surface area contributed by atoms with E-state index in [4.69, 9.17) is 5.11 Å². The Kier molecular flexibility index (Phi) is 3.16. The maximum Gasteiger partial charge on any atom is 0.0679 e. The lowest BCUT2D eigenvalue weighted by Crippen LogP contribution is -2.21. The normalized spacial score (nSPS) is 33.0. The van der Waals surface area contributed by atoms with Gasteiger partial charge in [-0.2, -0.15) is 0 Å². The quantitative estimate of drug-likeness (QED) is 0.615. The average Bonchev–Trinajstić information content (AvgIpc) is 2.31. The SMILES string of the molecule is CCCCC1CC(O)CN1. The number of hydrogen-bond acceptors (Lipinski definition) is 2. The Morgan fingerprint density at radius 1 is 1.60 bits per heavy atom. The highest BCUT2D eigenvalue weighted by molar-refractivity contribution is 4.80. The molecular weight excluding hydrogens is 126 g/mol. The van der Waals surface area contributed by atoms with E-state index < -0.39 is 0 Å². The Hall–Kier alpha value is -0.0800. The smallest absolute Gasteiger partial charge is 0.0679 e. The van der Waals surface area contributed by atoms with Crippen molar-refractivity contribution in [2.75, 3.05) is 6.54 Å². The molecule has 1 fully saturated rings. The van der Waals surface area contributed by atoms with Gasteiger partial charge in [0, 0.05) is 12.6 Å². The van der Waals surface area contributed by atoms with Gasteiger partial charge in [-0.15, -0.1) is 0 Å². The van der Waals surface area contributed by atoms with E-state index in [0.717, 1.165) is 13.0 Å². The zero-order chi connectivity index (χ0) is 7.40. The topological polar surface area (TPSA) is 32.3 Å². The molecule has 0 aromatic carbocycles. The van der Waals surface area contributed by atoms with Crippen molar-refractivity contribution >= 4 is 0 Å². The van der Waals surface area contributed by atoms with Crippen LogP contribution in [0.15, 0.2) is 0 Å². The first kappa shape index (κ1) is 8.02. The summed E-state index contributed by atoms with van der Waals surface area (Å²) in [7, 11) is 0. The van der Waals surface area contributed by atoms with Crippen LogP contribution >= 0.6 is 0 Å². The summed E-state index contributed by atoms with van der Waals surface area (Å²) in [6.07, 6.45) is 4.65. The van der Waals surface area contributed by atoms with Gasteiger partial charge in [0.2, 0.25) is 0 Å². The second-order valence-electron chi connectivity index (χ2n) is 3.14. The van der Waals surface area contributed by atoms with E-state index in [1.54, 1.807) is 0 Å². The van der Waals surface area contributed by atoms with Crippen LogP contribution in [0.3, 0.4) is 0 Å². The van der Waals surface area contributed by atoms with Crippen molar-refractivity contribution < 1.29 is 5.11 Å². The van der Waals surface area contributed by atoms with Crippen LogP contribution in [0.1, 0.15) is 32.6 Å². The van der Waals surface area contributed by atoms with Crippen LogP contribution < -0.4 is 5.32 Å². The maximum absolute atomic E-state index is 9.14. The summed E-state index contributed by atoms with van der Waals surface area (Å²) in [6, 6.07) is 0.593. The molecule has 1 heterocycles. The van der Waals surface area contributed by atoms with Gasteiger partial charge < -0.3 is 10.4 Å². The minimum Gasteiger partial charge on any atom is -0.392 e. The highest BCUT2D eigenvalue weighted by atomic mass is 16.3. The van der Waals surface area contributed by atoms with Crippen LogP contribution in [0.2, 0.25) is 0 Å². The molecule has 2 atom stereocenters. The zero-order valence-electron chi connectivity index (χ0n) is 6.64. The van der Waals surface area contributed by atoms with Crippen LogP contribution in [0.25, 0.3) is 0 Å². The molecule has 0 aromatic rings. The summed E-state index contributed by atoms with van der Waals surface area (Å²) in [5.74, 6) is 0. The lowest BCUT2D eigenvalue weighted by molar-refractivity contribution is 0.192. The number of β-amino-alcohol motifs (C(OH)–C–C–N with tert-alkyl or cyclic N) is 1. The number of aliphatic hydroxyl groups excluding tert-OH is 1. The summed E-state index contributed by atoms with van der Waals surface area (Å²) in [5, 5.41) is 12.4. The Balaban J connectivity index is 2.06. The lowest BCUT2D eigenvalue weighted by atomic mass is 10.1. The van der Waals surface area contributed by atoms with E-state index in [2.05, 4.69) is 12.2 Å². The summed E-state index contributed by atoms with van der Waals surface area (Å²) in [6.45, 7) is 3.00. The van der Waals surface area contributed by atoms with Gasteiger partial charge in [0.15, 0.2) is 0 Å². The fourth-order valence-corrected chi connectivity index (χ4v) is 1.47. The molecule has 2 nitrogen and oxygen atoms in total. The van der Waals surface area contributed by atoms with Crippen molar-refractivity contribution in [2.24, 2.45) is 0 Å². The third kappa shape index (κ3) is 2.27. The molecule has 1 aliphatic rings. The molecule has 0 saturated carbocycles. The number of unbranched alkanes of at least 4 members (excludes halogenated alkanes) is 1. The Morgan fingerprint density at radius 2 is 2.40 bits per heavy atom. The van der Waals surface area contributed by atoms with Crippen LogP contribution in [-0.4, -0.2) is 23.8 Å². The minimum absolute atomic E-state index is 0.0816. The third-order valence-electron chi connectivity index (χ3n) is 2.10. The van der Waals surface area contributed by atoms with E-state index >= 15 is 0 Å². The van der Waals surface area contributed by atoms with E-state index in [1.807, 2.05) is 0 Å². The summed E-state index contributed by atoms with van der Waals surface area (Å²) >= 11 is 0. The van der Waals surface area contributed by atoms with Crippen LogP contribution in [-0.2, 0) is 0 Å². The molecule has 1 rings (SSSR count). The van der Waals surface area contributed by atoms with Crippen molar-refractivity contribution in [1.82, 2.24) is 5.32 Å². The van der Waals surface area contributed by atoms with E-state index in [0.29, 0.717) is 6.04 Å². The largest absolute Gasteiger partial charge is 0.392 e. The molecule has 1 aliphatic heterocycles. The summed E-state index contributed by atoms with van der Waals surface area (Å²) < 4.78 is 0. The molecule has 0 amide bonds. The highest BCUT2D eigenvalue weighted by Gasteiger charge is 2.20. The van der Waals surface area contributed by atoms with Crippen molar-refractivity contribution in [3.05, 3.63) is 0 Å². The van der Waals surface area contributed by atoms with Crippen LogP contribution in [0, 0.1) is 0 Å². The van der Waals surface area contributed by atoms with Gasteiger partial charge in [-0.05, 0) is 12.8 Å². The van der Waals surface area contributed by atoms with Gasteiger partial charge >= 0.3 is 0 Å². The monoisotopic (exact) mass is 143 g/mol. The van der Waals surface area contributed by atoms with Gasteiger partial charge in [-0.1, -0.05) is 19.8 Å². The number of rotatable bonds is 3. The van der Waals surface area contributed by atoms with Crippen LogP contribution in [0.5, 0.6) is 0 Å². The molecule has 0 bridgehead atoms. The van der Waals surface area contributed by atoms with E-state index in [1.165, 1.54) is 19.3 Å². The van der Waals surface area contributed by atoms with Crippen molar-refractivity contribution in [3.63, 3.8) is 0 Å². The van der Waals surface area contributed by atoms with Gasteiger partial charge in [0.1, 0.15) is 0 Å². The Morgan fingerprint density at radius 3 is 2.90 bits per heavy atom. The summed E-state index contributed by atoms with van der Waals surface area (Å²) in [5.41, 5.74) is 0. The van der Waals surface area contributed by atoms with Crippen molar-refractivity contribution in [1.29, 1.82) is 0 Å². The van der Waals surface area contributed by atoms with E-state index in [9.17, 15) is 0 Å². The maximum atomic E-state index is 9.14. The Bertz CT molecular complexity index is 95.3. The van der Waals surface area contributed by atoms with Gasteiger partial charge in [0.05, 0.1) is 6.10 Å². The molecule has 60 valence electrons. The van der Waals surface area contributed by atoms with Gasteiger partial charge in [0.25, 0.3) is 0 Å². The molecule has 0 aromatic heterocycles. The highest BCUT2D eigenvalue weighted by Crippen LogP contribution is 2.12. The molecule has 0 aliphatic carbocycles. The summed E-state index contributed by atoms with van der Waals surface area (Å²) in [4.78, 5) is 0. The number of hydrogen-bond donors (Lipinski definition) is 2. The average molecular weight is 143 g/mol. The van der Waals surface area contributed by atoms with E-state index in [-0.39, 0.29) is 6.10 Å². The molecule has 2 heteroatoms. The molecule has 10 heavy (non-hydrogen) atoms. The lowest BCUT2D eigenvalue weighted by Gasteiger charge is -2.07. The molecule has 0 radical (unpaired) electrons. The predicted octanol–water partition coefficient (Wildman–Crippen LogP) is 0.899. The number of nitrogens with one attached hydrogen (secondary N) is 1. The van der Waals surface area contributed by atoms with Crippen molar-refractivity contribution in [3.8, 4) is 0 Å². The van der Waals surface area contributed by atoms with Gasteiger partial charge in [-0.3, -0.25) is 0 Å². The first-order valence-corrected chi connectivity index (χ1v) is 4.24. The fourth-order valence-electron chi connectivity index (χ4n) is 1.47. The van der Waals surface area contributed by atoms with Gasteiger partial charge in [-0.25, -0.2) is 0 Å². The van der Waals surface area contributed by atoms with Crippen LogP contribution in [0.4, 0.5) is 0 Å². The Labute approximate surface area is 62.6 Å². The second-order valence-corrected chi connectivity index (χ2v) is 3.14. The minimum atomic E-state index is -0.0816. The first-order valence-electron chi connectivity index (χ1n) is 4.24. The predicted molar refractivity (Wildman–Crippen MR) is 41.9 cm³/mol. The fraction of sp³-hybridized carbons (Fsp3) is 1.00. The first-order chi connectivity index (χ1) is 4.83. The molecule has 2 N–H and O–H groups in total. The second kappa shape index (κ2) is 3.94.